The Balaban J connectivity index is 1.54. The quantitative estimate of drug-likeness (QED) is 0.315. The first-order valence-corrected chi connectivity index (χ1v) is 14.0. The van der Waals surface area contributed by atoms with Gasteiger partial charge in [0.15, 0.2) is 6.10 Å². The summed E-state index contributed by atoms with van der Waals surface area (Å²) < 4.78 is -0.596. The fourth-order valence-corrected chi connectivity index (χ4v) is 5.86. The van der Waals surface area contributed by atoms with E-state index in [1.54, 1.807) is 0 Å². The van der Waals surface area contributed by atoms with Crippen LogP contribution >= 0.6 is 11.8 Å². The second-order valence-corrected chi connectivity index (χ2v) is 12.0. The van der Waals surface area contributed by atoms with Gasteiger partial charge in [-0.3, -0.25) is 14.4 Å². The summed E-state index contributed by atoms with van der Waals surface area (Å²) in [5.74, 6) is -1.51. The molecular formula is C30H34N4O5S. The molecule has 0 radical (unpaired) electrons. The maximum atomic E-state index is 13.8. The van der Waals surface area contributed by atoms with Crippen LogP contribution in [0.25, 0.3) is 0 Å². The van der Waals surface area contributed by atoms with E-state index in [9.17, 15) is 24.6 Å². The zero-order valence-electron chi connectivity index (χ0n) is 22.7. The largest absolute Gasteiger partial charge is 0.493 e. The Morgan fingerprint density at radius 1 is 1.07 bits per heavy atom. The number of amides is 3. The number of thioether (sulfide) groups is 1. The number of aliphatic hydroxyl groups is 1. The lowest BCUT2D eigenvalue weighted by Crippen LogP contribution is -2.58. The average Bonchev–Trinajstić information content (AvgIpc) is 3.27. The van der Waals surface area contributed by atoms with Crippen molar-refractivity contribution in [2.24, 2.45) is 0 Å². The molecule has 0 aliphatic carbocycles. The van der Waals surface area contributed by atoms with Gasteiger partial charge in [-0.05, 0) is 49.9 Å². The predicted molar refractivity (Wildman–Crippen MR) is 154 cm³/mol. The van der Waals surface area contributed by atoms with E-state index in [0.29, 0.717) is 6.54 Å². The lowest BCUT2D eigenvalue weighted by atomic mass is 9.97. The van der Waals surface area contributed by atoms with Crippen LogP contribution in [0.2, 0.25) is 0 Å². The Morgan fingerprint density at radius 3 is 2.45 bits per heavy atom. The summed E-state index contributed by atoms with van der Waals surface area (Å²) in [6, 6.07) is 17.8. The van der Waals surface area contributed by atoms with E-state index in [1.165, 1.54) is 35.0 Å². The number of benzene rings is 2. The number of carbonyl (C=O) groups is 3. The normalized spacial score (nSPS) is 17.6. The second kappa shape index (κ2) is 12.5. The highest BCUT2D eigenvalue weighted by atomic mass is 32.2. The van der Waals surface area contributed by atoms with Gasteiger partial charge < -0.3 is 25.7 Å². The number of nitrogens with zero attached hydrogens (tertiary/aromatic N) is 2. The molecule has 0 bridgehead atoms. The summed E-state index contributed by atoms with van der Waals surface area (Å²) >= 11 is 1.46. The summed E-state index contributed by atoms with van der Waals surface area (Å²) in [6.45, 7) is 6.09. The van der Waals surface area contributed by atoms with Gasteiger partial charge in [0.2, 0.25) is 11.8 Å². The van der Waals surface area contributed by atoms with Crippen molar-refractivity contribution in [3.8, 4) is 5.88 Å². The summed E-state index contributed by atoms with van der Waals surface area (Å²) in [5.41, 5.74) is 3.01. The zero-order chi connectivity index (χ0) is 28.9. The molecule has 9 nitrogen and oxygen atoms in total. The Labute approximate surface area is 238 Å². The molecule has 0 spiro atoms. The minimum absolute atomic E-state index is 0.168. The molecule has 1 fully saturated rings. The summed E-state index contributed by atoms with van der Waals surface area (Å²) in [6.07, 6.45) is -0.220. The van der Waals surface area contributed by atoms with Crippen molar-refractivity contribution >= 4 is 29.5 Å². The SMILES string of the molecule is Cc1ccccc1CNC(=O)[C@H]1N(C(=O)[C@@H](O)[C@H](Cc2ccccc2)NC(=O)c2ccc(O)nc2)CSC1(C)C. The number of pyridine rings is 1. The number of nitrogens with one attached hydrogen (secondary N) is 2. The number of rotatable bonds is 9. The van der Waals surface area contributed by atoms with Crippen molar-refractivity contribution in [3.05, 3.63) is 95.2 Å². The molecule has 2 aromatic carbocycles. The van der Waals surface area contributed by atoms with E-state index in [1.807, 2.05) is 75.4 Å². The molecule has 40 heavy (non-hydrogen) atoms. The molecule has 4 N–H and O–H groups in total. The lowest BCUT2D eigenvalue weighted by Gasteiger charge is -2.33. The van der Waals surface area contributed by atoms with Crippen molar-refractivity contribution in [1.82, 2.24) is 20.5 Å². The standard InChI is InChI=1S/C30H34N4O5S/c1-19-9-7-8-12-21(19)16-32-28(38)26-30(2,3)40-18-34(26)29(39)25(36)23(15-20-10-5-4-6-11-20)33-27(37)22-13-14-24(35)31-17-22/h4-14,17,23,25-26,36H,15-16,18H2,1-3H3,(H,31,35)(H,32,38)(H,33,37)/t23-,25-,26+/m0/s1. The third-order valence-corrected chi connectivity index (χ3v) is 8.43. The monoisotopic (exact) mass is 562 g/mol. The Bertz CT molecular complexity index is 1350. The predicted octanol–water partition coefficient (Wildman–Crippen LogP) is 2.79. The molecule has 2 heterocycles. The van der Waals surface area contributed by atoms with Gasteiger partial charge in [-0.2, -0.15) is 0 Å². The molecule has 3 amide bonds. The van der Waals surface area contributed by atoms with Gasteiger partial charge in [0, 0.05) is 23.6 Å². The highest BCUT2D eigenvalue weighted by Crippen LogP contribution is 2.40. The first-order valence-electron chi connectivity index (χ1n) is 13.0. The van der Waals surface area contributed by atoms with Crippen LogP contribution in [0, 0.1) is 6.92 Å². The number of aliphatic hydroxyl groups excluding tert-OH is 1. The molecule has 3 atom stereocenters. The van der Waals surface area contributed by atoms with Gasteiger partial charge >= 0.3 is 0 Å². The van der Waals surface area contributed by atoms with Gasteiger partial charge in [0.25, 0.3) is 11.8 Å². The number of hydrogen-bond acceptors (Lipinski definition) is 7. The third kappa shape index (κ3) is 6.81. The van der Waals surface area contributed by atoms with E-state index in [4.69, 9.17) is 0 Å². The highest BCUT2D eigenvalue weighted by molar-refractivity contribution is 8.00. The average molecular weight is 563 g/mol. The topological polar surface area (TPSA) is 132 Å². The summed E-state index contributed by atoms with van der Waals surface area (Å²) in [4.78, 5) is 45.3. The maximum absolute atomic E-state index is 13.8. The van der Waals surface area contributed by atoms with Crippen molar-refractivity contribution in [3.63, 3.8) is 0 Å². The van der Waals surface area contributed by atoms with Crippen LogP contribution in [-0.4, -0.2) is 66.6 Å². The fraction of sp³-hybridized carbons (Fsp3) is 0.333. The molecule has 1 aliphatic rings. The van der Waals surface area contributed by atoms with Crippen molar-refractivity contribution in [2.45, 2.75) is 56.7 Å². The molecule has 3 aromatic rings. The molecule has 1 saturated heterocycles. The van der Waals surface area contributed by atoms with Gasteiger partial charge in [-0.25, -0.2) is 4.98 Å². The van der Waals surface area contributed by atoms with Crippen molar-refractivity contribution < 1.29 is 24.6 Å². The Hall–Kier alpha value is -3.89. The number of carbonyl (C=O) groups excluding carboxylic acids is 3. The summed E-state index contributed by atoms with van der Waals surface area (Å²) in [7, 11) is 0. The van der Waals surface area contributed by atoms with E-state index < -0.39 is 34.7 Å². The van der Waals surface area contributed by atoms with Crippen LogP contribution in [0.15, 0.2) is 72.9 Å². The van der Waals surface area contributed by atoms with Crippen LogP contribution in [0.1, 0.15) is 40.9 Å². The summed E-state index contributed by atoms with van der Waals surface area (Å²) in [5, 5.41) is 26.5. The van der Waals surface area contributed by atoms with Crippen LogP contribution in [0.4, 0.5) is 0 Å². The Morgan fingerprint density at radius 2 is 1.77 bits per heavy atom. The number of aryl methyl sites for hydroxylation is 1. The van der Waals surface area contributed by atoms with E-state index in [0.717, 1.165) is 16.7 Å². The number of aromatic hydroxyl groups is 1. The van der Waals surface area contributed by atoms with Crippen LogP contribution in [0.3, 0.4) is 0 Å². The van der Waals surface area contributed by atoms with Crippen LogP contribution in [-0.2, 0) is 22.6 Å². The van der Waals surface area contributed by atoms with Gasteiger partial charge in [-0.15, -0.1) is 11.8 Å². The smallest absolute Gasteiger partial charge is 0.254 e. The third-order valence-electron chi connectivity index (χ3n) is 7.05. The first-order chi connectivity index (χ1) is 19.1. The number of hydrogen-bond donors (Lipinski definition) is 4. The van der Waals surface area contributed by atoms with Gasteiger partial charge in [-0.1, -0.05) is 54.6 Å². The Kier molecular flexibility index (Phi) is 9.11. The van der Waals surface area contributed by atoms with E-state index >= 15 is 0 Å². The lowest BCUT2D eigenvalue weighted by molar-refractivity contribution is -0.147. The molecule has 1 aromatic heterocycles. The molecule has 0 saturated carbocycles. The molecule has 10 heteroatoms. The molecule has 1 aliphatic heterocycles. The van der Waals surface area contributed by atoms with E-state index in [2.05, 4.69) is 15.6 Å². The molecular weight excluding hydrogens is 528 g/mol. The molecule has 210 valence electrons. The van der Waals surface area contributed by atoms with E-state index in [-0.39, 0.29) is 29.6 Å². The minimum atomic E-state index is -1.62. The second-order valence-electron chi connectivity index (χ2n) is 10.4. The maximum Gasteiger partial charge on any atom is 0.254 e. The molecule has 0 unspecified atom stereocenters. The van der Waals surface area contributed by atoms with Crippen molar-refractivity contribution in [1.29, 1.82) is 0 Å². The van der Waals surface area contributed by atoms with Crippen molar-refractivity contribution in [2.75, 3.05) is 5.88 Å². The van der Waals surface area contributed by atoms with Crippen LogP contribution < -0.4 is 10.6 Å². The fourth-order valence-electron chi connectivity index (χ4n) is 4.72. The molecule has 4 rings (SSSR count). The van der Waals surface area contributed by atoms with Gasteiger partial charge in [0.05, 0.1) is 17.5 Å². The highest BCUT2D eigenvalue weighted by Gasteiger charge is 2.49. The van der Waals surface area contributed by atoms with Gasteiger partial charge in [0.1, 0.15) is 6.04 Å². The van der Waals surface area contributed by atoms with Crippen LogP contribution in [0.5, 0.6) is 5.88 Å². The number of aromatic nitrogens is 1. The minimum Gasteiger partial charge on any atom is -0.493 e. The first kappa shape index (κ1) is 29.1. The zero-order valence-corrected chi connectivity index (χ0v) is 23.5.